The number of ether oxygens (including phenoxy) is 1. The maximum atomic E-state index is 12.4. The molecular weight excluding hydrogens is 337 g/mol. The van der Waals surface area contributed by atoms with Crippen LogP contribution in [0.1, 0.15) is 28.4 Å². The third-order valence-corrected chi connectivity index (χ3v) is 3.88. The van der Waals surface area contributed by atoms with Gasteiger partial charge in [-0.15, -0.1) is 0 Å². The molecule has 0 aliphatic heterocycles. The maximum absolute atomic E-state index is 12.4. The van der Waals surface area contributed by atoms with E-state index >= 15 is 0 Å². The molecule has 23 heavy (non-hydrogen) atoms. The van der Waals surface area contributed by atoms with Crippen LogP contribution in [-0.2, 0) is 9.53 Å². The molecule has 0 fully saturated rings. The Kier molecular flexibility index (Phi) is 6.02. The number of halogens is 2. The van der Waals surface area contributed by atoms with Gasteiger partial charge in [-0.1, -0.05) is 47.5 Å². The summed E-state index contributed by atoms with van der Waals surface area (Å²) in [6.07, 6.45) is 0.00826. The van der Waals surface area contributed by atoms with Crippen molar-refractivity contribution < 1.29 is 14.3 Å². The molecule has 1 N–H and O–H groups in total. The summed E-state index contributed by atoms with van der Waals surface area (Å²) in [5, 5.41) is 3.73. The van der Waals surface area contributed by atoms with E-state index in [1.165, 1.54) is 7.11 Å². The van der Waals surface area contributed by atoms with Gasteiger partial charge in [-0.2, -0.15) is 0 Å². The molecule has 0 bridgehead atoms. The first kappa shape index (κ1) is 17.3. The van der Waals surface area contributed by atoms with Crippen LogP contribution in [0.4, 0.5) is 0 Å². The van der Waals surface area contributed by atoms with Gasteiger partial charge in [-0.25, -0.2) is 0 Å². The number of carbonyl (C=O) groups is 2. The van der Waals surface area contributed by atoms with Crippen LogP contribution < -0.4 is 5.32 Å². The third kappa shape index (κ3) is 4.71. The van der Waals surface area contributed by atoms with Crippen LogP contribution in [0, 0.1) is 0 Å². The van der Waals surface area contributed by atoms with Crippen LogP contribution in [-0.4, -0.2) is 19.0 Å². The number of benzene rings is 2. The number of carbonyl (C=O) groups excluding carboxylic acids is 2. The van der Waals surface area contributed by atoms with E-state index in [0.29, 0.717) is 15.6 Å². The summed E-state index contributed by atoms with van der Waals surface area (Å²) in [7, 11) is 1.30. The fourth-order valence-electron chi connectivity index (χ4n) is 2.08. The van der Waals surface area contributed by atoms with Gasteiger partial charge in [0.1, 0.15) is 0 Å². The zero-order valence-corrected chi connectivity index (χ0v) is 13.9. The summed E-state index contributed by atoms with van der Waals surface area (Å²) >= 11 is 11.9. The largest absolute Gasteiger partial charge is 0.469 e. The van der Waals surface area contributed by atoms with Crippen molar-refractivity contribution in [3.8, 4) is 0 Å². The molecule has 1 unspecified atom stereocenters. The van der Waals surface area contributed by atoms with E-state index in [1.807, 2.05) is 0 Å². The number of esters is 1. The summed E-state index contributed by atoms with van der Waals surface area (Å²) in [5.41, 5.74) is 1.10. The molecule has 0 aliphatic rings. The number of hydrogen-bond acceptors (Lipinski definition) is 3. The molecule has 0 radical (unpaired) electrons. The molecule has 0 heterocycles. The first-order chi connectivity index (χ1) is 11.0. The minimum Gasteiger partial charge on any atom is -0.469 e. The highest BCUT2D eigenvalue weighted by Crippen LogP contribution is 2.22. The van der Waals surface area contributed by atoms with Crippen LogP contribution in [0.2, 0.25) is 10.0 Å². The number of methoxy groups -OCH3 is 1. The van der Waals surface area contributed by atoms with Gasteiger partial charge < -0.3 is 10.1 Å². The molecule has 6 heteroatoms. The van der Waals surface area contributed by atoms with Crippen molar-refractivity contribution in [3.05, 3.63) is 69.7 Å². The minimum atomic E-state index is -0.538. The Labute approximate surface area is 144 Å². The second-order valence-electron chi connectivity index (χ2n) is 4.84. The number of amides is 1. The SMILES string of the molecule is COC(=O)CC(NC(=O)c1ccccc1Cl)c1ccc(Cl)cc1. The molecule has 0 spiro atoms. The first-order valence-corrected chi connectivity index (χ1v) is 7.64. The van der Waals surface area contributed by atoms with E-state index in [2.05, 4.69) is 5.32 Å². The molecule has 2 aromatic carbocycles. The fraction of sp³-hybridized carbons (Fsp3) is 0.176. The Balaban J connectivity index is 2.23. The van der Waals surface area contributed by atoms with Gasteiger partial charge in [0.15, 0.2) is 0 Å². The molecule has 0 saturated heterocycles. The Hall–Kier alpha value is -2.04. The summed E-state index contributed by atoms with van der Waals surface area (Å²) in [4.78, 5) is 24.0. The quantitative estimate of drug-likeness (QED) is 0.827. The zero-order valence-electron chi connectivity index (χ0n) is 12.4. The van der Waals surface area contributed by atoms with Crippen molar-refractivity contribution >= 4 is 35.1 Å². The van der Waals surface area contributed by atoms with Gasteiger partial charge in [0.05, 0.1) is 30.2 Å². The summed E-state index contributed by atoms with van der Waals surface area (Å²) in [6.45, 7) is 0. The van der Waals surface area contributed by atoms with E-state index in [9.17, 15) is 9.59 Å². The van der Waals surface area contributed by atoms with Crippen LogP contribution in [0.15, 0.2) is 48.5 Å². The van der Waals surface area contributed by atoms with E-state index in [-0.39, 0.29) is 12.3 Å². The van der Waals surface area contributed by atoms with Crippen molar-refractivity contribution in [2.24, 2.45) is 0 Å². The standard InChI is InChI=1S/C17H15Cl2NO3/c1-23-16(21)10-15(11-6-8-12(18)9-7-11)20-17(22)13-4-2-3-5-14(13)19/h2-9,15H,10H2,1H3,(H,20,22). The van der Waals surface area contributed by atoms with E-state index in [4.69, 9.17) is 27.9 Å². The van der Waals surface area contributed by atoms with Crippen molar-refractivity contribution in [1.29, 1.82) is 0 Å². The van der Waals surface area contributed by atoms with Gasteiger partial charge in [-0.3, -0.25) is 9.59 Å². The van der Waals surface area contributed by atoms with Crippen LogP contribution in [0.3, 0.4) is 0 Å². The lowest BCUT2D eigenvalue weighted by atomic mass is 10.0. The Morgan fingerprint density at radius 3 is 2.35 bits per heavy atom. The lowest BCUT2D eigenvalue weighted by Crippen LogP contribution is -2.30. The highest BCUT2D eigenvalue weighted by molar-refractivity contribution is 6.33. The maximum Gasteiger partial charge on any atom is 0.307 e. The van der Waals surface area contributed by atoms with Crippen molar-refractivity contribution in [2.45, 2.75) is 12.5 Å². The summed E-state index contributed by atoms with van der Waals surface area (Å²) < 4.78 is 4.69. The molecule has 2 aromatic rings. The smallest absolute Gasteiger partial charge is 0.307 e. The molecule has 0 aromatic heterocycles. The van der Waals surface area contributed by atoms with Crippen LogP contribution >= 0.6 is 23.2 Å². The van der Waals surface area contributed by atoms with Gasteiger partial charge in [-0.05, 0) is 29.8 Å². The molecule has 2 rings (SSSR count). The molecule has 1 atom stereocenters. The number of rotatable bonds is 5. The van der Waals surface area contributed by atoms with Crippen molar-refractivity contribution in [3.63, 3.8) is 0 Å². The average molecular weight is 352 g/mol. The van der Waals surface area contributed by atoms with Crippen molar-refractivity contribution in [2.75, 3.05) is 7.11 Å². The van der Waals surface area contributed by atoms with E-state index in [1.54, 1.807) is 48.5 Å². The molecular formula is C17H15Cl2NO3. The molecule has 120 valence electrons. The van der Waals surface area contributed by atoms with E-state index < -0.39 is 12.0 Å². The van der Waals surface area contributed by atoms with Crippen molar-refractivity contribution in [1.82, 2.24) is 5.32 Å². The topological polar surface area (TPSA) is 55.4 Å². The Morgan fingerprint density at radius 2 is 1.74 bits per heavy atom. The Morgan fingerprint density at radius 1 is 1.09 bits per heavy atom. The zero-order chi connectivity index (χ0) is 16.8. The van der Waals surface area contributed by atoms with Gasteiger partial charge >= 0.3 is 5.97 Å². The highest BCUT2D eigenvalue weighted by Gasteiger charge is 2.20. The summed E-state index contributed by atoms with van der Waals surface area (Å²) in [6, 6.07) is 13.1. The predicted molar refractivity (Wildman–Crippen MR) is 89.7 cm³/mol. The molecule has 1 amide bonds. The van der Waals surface area contributed by atoms with Crippen LogP contribution in [0.25, 0.3) is 0 Å². The monoisotopic (exact) mass is 351 g/mol. The normalized spacial score (nSPS) is 11.6. The molecule has 4 nitrogen and oxygen atoms in total. The highest BCUT2D eigenvalue weighted by atomic mass is 35.5. The number of nitrogens with one attached hydrogen (secondary N) is 1. The van der Waals surface area contributed by atoms with Crippen LogP contribution in [0.5, 0.6) is 0 Å². The van der Waals surface area contributed by atoms with Gasteiger partial charge in [0, 0.05) is 5.02 Å². The lowest BCUT2D eigenvalue weighted by Gasteiger charge is -2.18. The Bertz CT molecular complexity index is 701. The predicted octanol–water partition coefficient (Wildman–Crippen LogP) is 4.03. The second kappa shape index (κ2) is 7.99. The number of hydrogen-bond donors (Lipinski definition) is 1. The van der Waals surface area contributed by atoms with E-state index in [0.717, 1.165) is 5.56 Å². The third-order valence-electron chi connectivity index (χ3n) is 3.29. The first-order valence-electron chi connectivity index (χ1n) is 6.89. The average Bonchev–Trinajstić information content (AvgIpc) is 2.55. The van der Waals surface area contributed by atoms with Gasteiger partial charge in [0.2, 0.25) is 0 Å². The second-order valence-corrected chi connectivity index (χ2v) is 5.68. The molecule has 0 saturated carbocycles. The lowest BCUT2D eigenvalue weighted by molar-refractivity contribution is -0.141. The summed E-state index contributed by atoms with van der Waals surface area (Å²) in [5.74, 6) is -0.788. The van der Waals surface area contributed by atoms with Gasteiger partial charge in [0.25, 0.3) is 5.91 Å². The fourth-order valence-corrected chi connectivity index (χ4v) is 2.43. The minimum absolute atomic E-state index is 0.00826. The molecule has 0 aliphatic carbocycles.